The summed E-state index contributed by atoms with van der Waals surface area (Å²) >= 11 is 0. The van der Waals surface area contributed by atoms with E-state index in [4.69, 9.17) is 10.8 Å². The lowest BCUT2D eigenvalue weighted by molar-refractivity contribution is -0.121. The molecule has 1 aliphatic rings. The Morgan fingerprint density at radius 2 is 2.11 bits per heavy atom. The first-order valence-corrected chi connectivity index (χ1v) is 5.93. The number of halogens is 1. The maximum Gasteiger partial charge on any atom is 0.236 e. The Balaban J connectivity index is 0.00000162. The van der Waals surface area contributed by atoms with Crippen LogP contribution in [0.3, 0.4) is 0 Å². The summed E-state index contributed by atoms with van der Waals surface area (Å²) in [7, 11) is 0. The van der Waals surface area contributed by atoms with Crippen LogP contribution in [0.2, 0.25) is 0 Å². The van der Waals surface area contributed by atoms with Gasteiger partial charge in [-0.1, -0.05) is 24.3 Å². The van der Waals surface area contributed by atoms with Crippen LogP contribution in [0.5, 0.6) is 0 Å². The molecule has 1 amide bonds. The molecule has 2 rings (SSSR count). The number of carbonyl (C=O) groups is 1. The van der Waals surface area contributed by atoms with Gasteiger partial charge in [0.1, 0.15) is 6.04 Å². The second-order valence-electron chi connectivity index (χ2n) is 4.51. The van der Waals surface area contributed by atoms with E-state index in [9.17, 15) is 4.79 Å². The van der Waals surface area contributed by atoms with E-state index >= 15 is 0 Å². The molecule has 18 heavy (non-hydrogen) atoms. The molecule has 1 aromatic carbocycles. The number of nitrogens with one attached hydrogen (secondary N) is 1. The van der Waals surface area contributed by atoms with Crippen LogP contribution in [0.4, 0.5) is 0 Å². The molecule has 0 radical (unpaired) electrons. The summed E-state index contributed by atoms with van der Waals surface area (Å²) in [5.41, 5.74) is 7.89. The Hall–Kier alpha value is -1.10. The smallest absolute Gasteiger partial charge is 0.236 e. The summed E-state index contributed by atoms with van der Waals surface area (Å²) in [5.74, 6) is -0.494. The van der Waals surface area contributed by atoms with Gasteiger partial charge in [-0.25, -0.2) is 0 Å². The number of aryl methyl sites for hydroxylation is 1. The molecule has 0 heterocycles. The fourth-order valence-corrected chi connectivity index (χ4v) is 2.35. The van der Waals surface area contributed by atoms with Crippen molar-refractivity contribution in [3.8, 4) is 0 Å². The molecule has 0 bridgehead atoms. The number of hydrogen-bond donors (Lipinski definition) is 3. The molecule has 0 unspecified atom stereocenters. The average Bonchev–Trinajstić information content (AvgIpc) is 2.35. The van der Waals surface area contributed by atoms with Gasteiger partial charge in [-0.15, -0.1) is 12.4 Å². The minimum atomic E-state index is -0.634. The average molecular weight is 271 g/mol. The van der Waals surface area contributed by atoms with Crippen LogP contribution < -0.4 is 11.1 Å². The van der Waals surface area contributed by atoms with Crippen molar-refractivity contribution in [1.82, 2.24) is 5.32 Å². The topological polar surface area (TPSA) is 75.4 Å². The van der Waals surface area contributed by atoms with E-state index < -0.39 is 11.9 Å². The highest BCUT2D eigenvalue weighted by Crippen LogP contribution is 2.21. The molecule has 0 spiro atoms. The van der Waals surface area contributed by atoms with Gasteiger partial charge in [-0.05, 0) is 30.4 Å². The number of aliphatic hydroxyl groups is 1. The Kier molecular flexibility index (Phi) is 5.59. The van der Waals surface area contributed by atoms with Crippen LogP contribution in [-0.2, 0) is 17.6 Å². The predicted molar refractivity (Wildman–Crippen MR) is 72.7 cm³/mol. The summed E-state index contributed by atoms with van der Waals surface area (Å²) in [6.45, 7) is -0.243. The minimum absolute atomic E-state index is 0. The summed E-state index contributed by atoms with van der Waals surface area (Å²) in [4.78, 5) is 11.0. The van der Waals surface area contributed by atoms with Crippen molar-refractivity contribution in [3.63, 3.8) is 0 Å². The number of nitrogens with two attached hydrogens (primary N) is 1. The van der Waals surface area contributed by atoms with E-state index in [-0.39, 0.29) is 25.1 Å². The van der Waals surface area contributed by atoms with Crippen molar-refractivity contribution in [2.75, 3.05) is 6.61 Å². The molecular weight excluding hydrogens is 252 g/mol. The first-order chi connectivity index (χ1) is 8.20. The van der Waals surface area contributed by atoms with Crippen molar-refractivity contribution >= 4 is 18.3 Å². The molecule has 4 nitrogen and oxygen atoms in total. The van der Waals surface area contributed by atoms with Gasteiger partial charge in [0.2, 0.25) is 5.91 Å². The Labute approximate surface area is 113 Å². The van der Waals surface area contributed by atoms with E-state index in [1.54, 1.807) is 0 Å². The normalized spacial score (nSPS) is 19.5. The van der Waals surface area contributed by atoms with Crippen molar-refractivity contribution in [2.24, 2.45) is 5.73 Å². The maximum absolute atomic E-state index is 11.0. The molecular formula is C13H19ClN2O2. The quantitative estimate of drug-likeness (QED) is 0.741. The second kappa shape index (κ2) is 6.73. The number of hydrogen-bond acceptors (Lipinski definition) is 3. The van der Waals surface area contributed by atoms with Gasteiger partial charge in [0.15, 0.2) is 0 Å². The molecule has 100 valence electrons. The molecule has 0 saturated carbocycles. The molecule has 1 aromatic rings. The number of benzene rings is 1. The van der Waals surface area contributed by atoms with Gasteiger partial charge in [-0.2, -0.15) is 0 Å². The number of aliphatic hydroxyl groups excluding tert-OH is 1. The Morgan fingerprint density at radius 3 is 2.72 bits per heavy atom. The third-order valence-electron chi connectivity index (χ3n) is 3.31. The minimum Gasteiger partial charge on any atom is -0.394 e. The number of carbonyl (C=O) groups excluding carboxylic acids is 1. The monoisotopic (exact) mass is 270 g/mol. The van der Waals surface area contributed by atoms with Crippen LogP contribution >= 0.6 is 12.4 Å². The molecule has 0 saturated heterocycles. The van der Waals surface area contributed by atoms with Crippen LogP contribution in [-0.4, -0.2) is 29.7 Å². The molecule has 2 atom stereocenters. The zero-order valence-electron chi connectivity index (χ0n) is 10.1. The lowest BCUT2D eigenvalue weighted by Crippen LogP contribution is -2.50. The largest absolute Gasteiger partial charge is 0.394 e. The molecule has 4 N–H and O–H groups in total. The highest BCUT2D eigenvalue weighted by Gasteiger charge is 2.23. The van der Waals surface area contributed by atoms with E-state index in [2.05, 4.69) is 17.4 Å². The molecule has 5 heteroatoms. The van der Waals surface area contributed by atoms with Crippen molar-refractivity contribution < 1.29 is 9.90 Å². The lowest BCUT2D eigenvalue weighted by atomic mass is 9.88. The zero-order chi connectivity index (χ0) is 12.3. The van der Waals surface area contributed by atoms with Crippen molar-refractivity contribution in [3.05, 3.63) is 35.4 Å². The van der Waals surface area contributed by atoms with E-state index in [0.29, 0.717) is 0 Å². The standard InChI is InChI=1S/C13H18N2O2.ClH/c14-13(17)12(8-16)15-11-6-5-9-3-1-2-4-10(9)7-11;/h1-4,11-12,15-16H,5-8H2,(H2,14,17);1H/t11-,12-;/m1./s1. The van der Waals surface area contributed by atoms with E-state index in [0.717, 1.165) is 19.3 Å². The fraction of sp³-hybridized carbons (Fsp3) is 0.462. The number of rotatable bonds is 4. The van der Waals surface area contributed by atoms with Gasteiger partial charge in [0.05, 0.1) is 6.61 Å². The Bertz CT molecular complexity index is 412. The Morgan fingerprint density at radius 1 is 1.44 bits per heavy atom. The van der Waals surface area contributed by atoms with Gasteiger partial charge in [0.25, 0.3) is 0 Å². The highest BCUT2D eigenvalue weighted by molar-refractivity contribution is 5.85. The summed E-state index contributed by atoms with van der Waals surface area (Å²) < 4.78 is 0. The molecule has 0 aromatic heterocycles. The fourth-order valence-electron chi connectivity index (χ4n) is 2.35. The van der Waals surface area contributed by atoms with E-state index in [1.807, 2.05) is 12.1 Å². The third-order valence-corrected chi connectivity index (χ3v) is 3.31. The maximum atomic E-state index is 11.0. The SMILES string of the molecule is Cl.NC(=O)[C@@H](CO)N[C@@H]1CCc2ccccc2C1. The number of primary amides is 1. The van der Waals surface area contributed by atoms with Crippen LogP contribution in [0.1, 0.15) is 17.5 Å². The van der Waals surface area contributed by atoms with Gasteiger partial charge < -0.3 is 16.2 Å². The molecule has 0 fully saturated rings. The van der Waals surface area contributed by atoms with Gasteiger partial charge >= 0.3 is 0 Å². The zero-order valence-corrected chi connectivity index (χ0v) is 11.0. The summed E-state index contributed by atoms with van der Waals surface area (Å²) in [6, 6.07) is 7.91. The van der Waals surface area contributed by atoms with Crippen LogP contribution in [0.15, 0.2) is 24.3 Å². The lowest BCUT2D eigenvalue weighted by Gasteiger charge is -2.28. The number of amides is 1. The molecule has 0 aliphatic heterocycles. The van der Waals surface area contributed by atoms with Crippen molar-refractivity contribution in [2.45, 2.75) is 31.3 Å². The first kappa shape index (κ1) is 15.0. The van der Waals surface area contributed by atoms with Crippen LogP contribution in [0, 0.1) is 0 Å². The molecule has 1 aliphatic carbocycles. The van der Waals surface area contributed by atoms with Gasteiger partial charge in [-0.3, -0.25) is 4.79 Å². The van der Waals surface area contributed by atoms with Crippen LogP contribution in [0.25, 0.3) is 0 Å². The van der Waals surface area contributed by atoms with Gasteiger partial charge in [0, 0.05) is 6.04 Å². The first-order valence-electron chi connectivity index (χ1n) is 5.93. The second-order valence-corrected chi connectivity index (χ2v) is 4.51. The number of fused-ring (bicyclic) bond motifs is 1. The summed E-state index contributed by atoms with van der Waals surface area (Å²) in [6.07, 6.45) is 2.87. The summed E-state index contributed by atoms with van der Waals surface area (Å²) in [5, 5.41) is 12.2. The third kappa shape index (κ3) is 3.45. The predicted octanol–water partition coefficient (Wildman–Crippen LogP) is 0.401. The highest BCUT2D eigenvalue weighted by atomic mass is 35.5. The van der Waals surface area contributed by atoms with Crippen molar-refractivity contribution in [1.29, 1.82) is 0 Å². The van der Waals surface area contributed by atoms with E-state index in [1.165, 1.54) is 11.1 Å².